The SMILES string of the molecule is c1ccc(-c2nccn2-c2cccc(-c3cccnc3)c2)cc1. The lowest BCUT2D eigenvalue weighted by Crippen LogP contribution is -1.96. The van der Waals surface area contributed by atoms with Gasteiger partial charge in [0.25, 0.3) is 0 Å². The van der Waals surface area contributed by atoms with Crippen molar-refractivity contribution in [2.45, 2.75) is 0 Å². The molecule has 0 fully saturated rings. The van der Waals surface area contributed by atoms with Gasteiger partial charge in [-0.1, -0.05) is 48.5 Å². The van der Waals surface area contributed by atoms with E-state index in [1.165, 1.54) is 0 Å². The van der Waals surface area contributed by atoms with Crippen LogP contribution in [0.1, 0.15) is 0 Å². The molecule has 23 heavy (non-hydrogen) atoms. The number of rotatable bonds is 3. The molecule has 0 bridgehead atoms. The van der Waals surface area contributed by atoms with Crippen molar-refractivity contribution in [2.24, 2.45) is 0 Å². The van der Waals surface area contributed by atoms with Gasteiger partial charge in [0.1, 0.15) is 5.82 Å². The Bertz CT molecular complexity index is 912. The zero-order valence-corrected chi connectivity index (χ0v) is 12.5. The van der Waals surface area contributed by atoms with Crippen LogP contribution in [0.2, 0.25) is 0 Å². The molecule has 0 aliphatic rings. The summed E-state index contributed by atoms with van der Waals surface area (Å²) in [6.45, 7) is 0. The van der Waals surface area contributed by atoms with Crippen molar-refractivity contribution in [1.82, 2.24) is 14.5 Å². The van der Waals surface area contributed by atoms with Gasteiger partial charge < -0.3 is 0 Å². The highest BCUT2D eigenvalue weighted by molar-refractivity contribution is 5.66. The summed E-state index contributed by atoms with van der Waals surface area (Å²) in [6.07, 6.45) is 7.49. The summed E-state index contributed by atoms with van der Waals surface area (Å²) in [5.74, 6) is 0.939. The first-order chi connectivity index (χ1) is 11.4. The molecule has 0 atom stereocenters. The van der Waals surface area contributed by atoms with E-state index < -0.39 is 0 Å². The molecule has 0 aliphatic carbocycles. The highest BCUT2D eigenvalue weighted by Gasteiger charge is 2.08. The molecule has 0 N–H and O–H groups in total. The molecule has 2 aromatic carbocycles. The minimum absolute atomic E-state index is 0.939. The standard InChI is InChI=1S/C20H15N3/c1-2-6-16(7-3-1)20-22-12-13-23(20)19-10-4-8-17(14-19)18-9-5-11-21-15-18/h1-15H. The number of aromatic nitrogens is 3. The number of hydrogen-bond donors (Lipinski definition) is 0. The Balaban J connectivity index is 1.80. The Morgan fingerprint density at radius 3 is 2.35 bits per heavy atom. The van der Waals surface area contributed by atoms with Crippen LogP contribution in [-0.4, -0.2) is 14.5 Å². The van der Waals surface area contributed by atoms with E-state index in [0.717, 1.165) is 28.2 Å². The lowest BCUT2D eigenvalue weighted by molar-refractivity contribution is 1.07. The van der Waals surface area contributed by atoms with Gasteiger partial charge in [-0.15, -0.1) is 0 Å². The van der Waals surface area contributed by atoms with Gasteiger partial charge in [-0.3, -0.25) is 9.55 Å². The molecule has 0 unspecified atom stereocenters. The summed E-state index contributed by atoms with van der Waals surface area (Å²) in [5.41, 5.74) is 4.44. The monoisotopic (exact) mass is 297 g/mol. The second-order valence-corrected chi connectivity index (χ2v) is 5.28. The Kier molecular flexibility index (Phi) is 3.45. The average Bonchev–Trinajstić information content (AvgIpc) is 3.13. The zero-order valence-electron chi connectivity index (χ0n) is 12.5. The largest absolute Gasteiger partial charge is 0.300 e. The molecule has 110 valence electrons. The van der Waals surface area contributed by atoms with Crippen molar-refractivity contribution in [1.29, 1.82) is 0 Å². The highest BCUT2D eigenvalue weighted by atomic mass is 15.1. The first-order valence-corrected chi connectivity index (χ1v) is 7.51. The lowest BCUT2D eigenvalue weighted by atomic mass is 10.1. The predicted molar refractivity (Wildman–Crippen MR) is 92.2 cm³/mol. The van der Waals surface area contributed by atoms with E-state index in [0.29, 0.717) is 0 Å². The third-order valence-electron chi connectivity index (χ3n) is 3.79. The van der Waals surface area contributed by atoms with Crippen LogP contribution >= 0.6 is 0 Å². The smallest absolute Gasteiger partial charge is 0.144 e. The molecule has 0 amide bonds. The van der Waals surface area contributed by atoms with Crippen molar-refractivity contribution in [3.8, 4) is 28.2 Å². The Morgan fingerprint density at radius 1 is 0.696 bits per heavy atom. The maximum absolute atomic E-state index is 4.52. The van der Waals surface area contributed by atoms with Crippen LogP contribution < -0.4 is 0 Å². The molecule has 4 rings (SSSR count). The fourth-order valence-corrected chi connectivity index (χ4v) is 2.68. The molecule has 2 aromatic heterocycles. The van der Waals surface area contributed by atoms with E-state index in [-0.39, 0.29) is 0 Å². The maximum atomic E-state index is 4.52. The first kappa shape index (κ1) is 13.5. The van der Waals surface area contributed by atoms with Crippen LogP contribution in [0.3, 0.4) is 0 Å². The van der Waals surface area contributed by atoms with Gasteiger partial charge in [0.15, 0.2) is 0 Å². The van der Waals surface area contributed by atoms with Gasteiger partial charge in [-0.2, -0.15) is 0 Å². The van der Waals surface area contributed by atoms with E-state index in [1.54, 1.807) is 6.20 Å². The minimum atomic E-state index is 0.939. The van der Waals surface area contributed by atoms with Gasteiger partial charge in [-0.05, 0) is 23.8 Å². The highest BCUT2D eigenvalue weighted by Crippen LogP contribution is 2.25. The third kappa shape index (κ3) is 2.64. The Labute approximate surface area is 134 Å². The molecule has 3 nitrogen and oxygen atoms in total. The molecular formula is C20H15N3. The molecule has 0 saturated carbocycles. The summed E-state index contributed by atoms with van der Waals surface area (Å²) >= 11 is 0. The number of benzene rings is 2. The summed E-state index contributed by atoms with van der Waals surface area (Å²) < 4.78 is 2.11. The first-order valence-electron chi connectivity index (χ1n) is 7.51. The molecule has 0 aliphatic heterocycles. The molecular weight excluding hydrogens is 282 g/mol. The van der Waals surface area contributed by atoms with Crippen LogP contribution in [0.4, 0.5) is 0 Å². The van der Waals surface area contributed by atoms with Gasteiger partial charge in [0.2, 0.25) is 0 Å². The van der Waals surface area contributed by atoms with E-state index in [1.807, 2.05) is 42.9 Å². The fourth-order valence-electron chi connectivity index (χ4n) is 2.68. The molecule has 3 heteroatoms. The van der Waals surface area contributed by atoms with Crippen LogP contribution in [0.5, 0.6) is 0 Å². The van der Waals surface area contributed by atoms with Gasteiger partial charge >= 0.3 is 0 Å². The summed E-state index contributed by atoms with van der Waals surface area (Å²) in [5, 5.41) is 0. The van der Waals surface area contributed by atoms with Crippen molar-refractivity contribution in [3.63, 3.8) is 0 Å². The number of hydrogen-bond acceptors (Lipinski definition) is 2. The van der Waals surface area contributed by atoms with Crippen molar-refractivity contribution in [2.75, 3.05) is 0 Å². The van der Waals surface area contributed by atoms with Crippen molar-refractivity contribution >= 4 is 0 Å². The van der Waals surface area contributed by atoms with Gasteiger partial charge in [-0.25, -0.2) is 4.98 Å². The normalized spacial score (nSPS) is 10.6. The minimum Gasteiger partial charge on any atom is -0.300 e. The second-order valence-electron chi connectivity index (χ2n) is 5.28. The maximum Gasteiger partial charge on any atom is 0.144 e. The molecule has 0 saturated heterocycles. The molecule has 2 heterocycles. The van der Waals surface area contributed by atoms with Gasteiger partial charge in [0.05, 0.1) is 0 Å². The Morgan fingerprint density at radius 2 is 1.52 bits per heavy atom. The Hall–Kier alpha value is -3.20. The summed E-state index contributed by atoms with van der Waals surface area (Å²) in [4.78, 5) is 8.72. The third-order valence-corrected chi connectivity index (χ3v) is 3.79. The van der Waals surface area contributed by atoms with E-state index in [4.69, 9.17) is 0 Å². The fraction of sp³-hybridized carbons (Fsp3) is 0. The van der Waals surface area contributed by atoms with Gasteiger partial charge in [0, 0.05) is 41.6 Å². The van der Waals surface area contributed by atoms with Crippen LogP contribution in [0.15, 0.2) is 91.5 Å². The van der Waals surface area contributed by atoms with Crippen LogP contribution in [0, 0.1) is 0 Å². The predicted octanol–water partition coefficient (Wildman–Crippen LogP) is 4.60. The van der Waals surface area contributed by atoms with Crippen LogP contribution in [-0.2, 0) is 0 Å². The topological polar surface area (TPSA) is 30.7 Å². The molecule has 0 radical (unpaired) electrons. The lowest BCUT2D eigenvalue weighted by Gasteiger charge is -2.10. The van der Waals surface area contributed by atoms with Crippen molar-refractivity contribution in [3.05, 3.63) is 91.5 Å². The summed E-state index contributed by atoms with van der Waals surface area (Å²) in [6, 6.07) is 22.6. The quantitative estimate of drug-likeness (QED) is 0.553. The number of nitrogens with zero attached hydrogens (tertiary/aromatic N) is 3. The average molecular weight is 297 g/mol. The zero-order chi connectivity index (χ0) is 15.5. The van der Waals surface area contributed by atoms with E-state index in [2.05, 4.69) is 57.0 Å². The summed E-state index contributed by atoms with van der Waals surface area (Å²) in [7, 11) is 0. The number of imidazole rings is 1. The van der Waals surface area contributed by atoms with E-state index in [9.17, 15) is 0 Å². The second kappa shape index (κ2) is 5.89. The molecule has 4 aromatic rings. The van der Waals surface area contributed by atoms with Crippen molar-refractivity contribution < 1.29 is 0 Å². The van der Waals surface area contributed by atoms with Crippen LogP contribution in [0.25, 0.3) is 28.2 Å². The molecule has 0 spiro atoms. The van der Waals surface area contributed by atoms with E-state index >= 15 is 0 Å². The number of pyridine rings is 1.